The smallest absolute Gasteiger partial charge is 0.253 e. The number of pyridine rings is 1. The molecule has 1 fully saturated rings. The van der Waals surface area contributed by atoms with E-state index in [0.717, 1.165) is 68.1 Å². The zero-order chi connectivity index (χ0) is 20.0. The standard InChI is InChI=1S/C22H37N3O2/c1-7-9-18-20(21(26)23-11-8-10-22(4,5)6)16(2)14-19(24-18)25-12-13-27-15-17(25)3/h14,17H,7-13,15H2,1-6H3,(H,23,26)/t17-/m1/s1. The summed E-state index contributed by atoms with van der Waals surface area (Å²) in [6, 6.07) is 2.36. The number of carbonyl (C=O) groups excluding carboxylic acids is 1. The lowest BCUT2D eigenvalue weighted by Crippen LogP contribution is -2.44. The van der Waals surface area contributed by atoms with E-state index in [1.165, 1.54) is 0 Å². The summed E-state index contributed by atoms with van der Waals surface area (Å²) in [5.74, 6) is 0.981. The van der Waals surface area contributed by atoms with Crippen LogP contribution in [-0.4, -0.2) is 43.2 Å². The molecule has 1 aromatic heterocycles. The summed E-state index contributed by atoms with van der Waals surface area (Å²) in [5, 5.41) is 3.11. The molecule has 0 bridgehead atoms. The number of carbonyl (C=O) groups is 1. The maximum Gasteiger partial charge on any atom is 0.253 e. The highest BCUT2D eigenvalue weighted by atomic mass is 16.5. The Balaban J connectivity index is 2.16. The largest absolute Gasteiger partial charge is 0.377 e. The van der Waals surface area contributed by atoms with Crippen LogP contribution in [0.3, 0.4) is 0 Å². The van der Waals surface area contributed by atoms with Gasteiger partial charge >= 0.3 is 0 Å². The SMILES string of the molecule is CCCc1nc(N2CCOC[C@H]2C)cc(C)c1C(=O)NCCCC(C)(C)C. The summed E-state index contributed by atoms with van der Waals surface area (Å²) in [5.41, 5.74) is 2.98. The number of rotatable bonds is 7. The molecule has 1 atom stereocenters. The van der Waals surface area contributed by atoms with E-state index >= 15 is 0 Å². The lowest BCUT2D eigenvalue weighted by molar-refractivity contribution is 0.0948. The van der Waals surface area contributed by atoms with Gasteiger partial charge in [-0.25, -0.2) is 4.98 Å². The number of hydrogen-bond donors (Lipinski definition) is 1. The van der Waals surface area contributed by atoms with Gasteiger partial charge in [-0.1, -0.05) is 34.1 Å². The van der Waals surface area contributed by atoms with E-state index in [0.29, 0.717) is 18.0 Å². The first kappa shape index (κ1) is 21.7. The molecular weight excluding hydrogens is 338 g/mol. The van der Waals surface area contributed by atoms with Crippen LogP contribution in [0.25, 0.3) is 0 Å². The molecule has 0 unspecified atom stereocenters. The average Bonchev–Trinajstić information content (AvgIpc) is 2.58. The van der Waals surface area contributed by atoms with Crippen molar-refractivity contribution < 1.29 is 9.53 Å². The number of anilines is 1. The van der Waals surface area contributed by atoms with Crippen LogP contribution in [0.5, 0.6) is 0 Å². The minimum absolute atomic E-state index is 0.0129. The third-order valence-corrected chi connectivity index (χ3v) is 5.04. The zero-order valence-corrected chi connectivity index (χ0v) is 18.0. The highest BCUT2D eigenvalue weighted by molar-refractivity contribution is 5.97. The molecule has 0 aliphatic carbocycles. The Hall–Kier alpha value is -1.62. The Morgan fingerprint density at radius 2 is 2.15 bits per heavy atom. The van der Waals surface area contributed by atoms with Gasteiger partial charge < -0.3 is 15.0 Å². The molecule has 2 heterocycles. The molecule has 0 saturated carbocycles. The number of aromatic nitrogens is 1. The molecule has 1 aliphatic rings. The first-order valence-corrected chi connectivity index (χ1v) is 10.4. The Labute approximate surface area is 164 Å². The summed E-state index contributed by atoms with van der Waals surface area (Å²) in [7, 11) is 0. The fraction of sp³-hybridized carbons (Fsp3) is 0.727. The van der Waals surface area contributed by atoms with E-state index in [1.54, 1.807) is 0 Å². The van der Waals surface area contributed by atoms with E-state index in [-0.39, 0.29) is 5.91 Å². The Kier molecular flexibility index (Phi) is 7.66. The molecule has 0 aromatic carbocycles. The van der Waals surface area contributed by atoms with Gasteiger partial charge in [0.15, 0.2) is 0 Å². The maximum atomic E-state index is 12.9. The van der Waals surface area contributed by atoms with Crippen LogP contribution >= 0.6 is 0 Å². The van der Waals surface area contributed by atoms with E-state index in [2.05, 4.69) is 50.9 Å². The first-order chi connectivity index (χ1) is 12.7. The zero-order valence-electron chi connectivity index (χ0n) is 18.0. The molecule has 1 N–H and O–H groups in total. The normalized spacial score (nSPS) is 17.9. The molecule has 1 amide bonds. The van der Waals surface area contributed by atoms with Crippen molar-refractivity contribution in [1.29, 1.82) is 0 Å². The lowest BCUT2D eigenvalue weighted by atomic mass is 9.90. The monoisotopic (exact) mass is 375 g/mol. The fourth-order valence-electron chi connectivity index (χ4n) is 3.57. The Morgan fingerprint density at radius 3 is 2.78 bits per heavy atom. The van der Waals surface area contributed by atoms with Crippen molar-refractivity contribution in [3.8, 4) is 0 Å². The van der Waals surface area contributed by atoms with E-state index < -0.39 is 0 Å². The molecule has 152 valence electrons. The van der Waals surface area contributed by atoms with E-state index in [9.17, 15) is 4.79 Å². The number of aryl methyl sites for hydroxylation is 2. The number of amides is 1. The van der Waals surface area contributed by atoms with Crippen molar-refractivity contribution in [1.82, 2.24) is 10.3 Å². The quantitative estimate of drug-likeness (QED) is 0.728. The van der Waals surface area contributed by atoms with Crippen molar-refractivity contribution in [2.75, 3.05) is 31.2 Å². The van der Waals surface area contributed by atoms with Gasteiger partial charge in [0, 0.05) is 13.1 Å². The van der Waals surface area contributed by atoms with Gasteiger partial charge in [-0.15, -0.1) is 0 Å². The molecule has 1 saturated heterocycles. The van der Waals surface area contributed by atoms with Crippen molar-refractivity contribution in [2.24, 2.45) is 5.41 Å². The summed E-state index contributed by atoms with van der Waals surface area (Å²) >= 11 is 0. The van der Waals surface area contributed by atoms with E-state index in [4.69, 9.17) is 9.72 Å². The molecule has 1 aliphatic heterocycles. The number of nitrogens with zero attached hydrogens (tertiary/aromatic N) is 2. The summed E-state index contributed by atoms with van der Waals surface area (Å²) in [4.78, 5) is 20.0. The summed E-state index contributed by atoms with van der Waals surface area (Å²) in [6.45, 7) is 16.0. The lowest BCUT2D eigenvalue weighted by Gasteiger charge is -2.35. The van der Waals surface area contributed by atoms with Crippen LogP contribution < -0.4 is 10.2 Å². The molecule has 5 heteroatoms. The summed E-state index contributed by atoms with van der Waals surface area (Å²) < 4.78 is 5.55. The van der Waals surface area contributed by atoms with Crippen molar-refractivity contribution in [2.45, 2.75) is 73.3 Å². The Morgan fingerprint density at radius 1 is 1.41 bits per heavy atom. The van der Waals surface area contributed by atoms with Crippen LogP contribution in [-0.2, 0) is 11.2 Å². The number of ether oxygens (including phenoxy) is 1. The van der Waals surface area contributed by atoms with Gasteiger partial charge in [-0.3, -0.25) is 4.79 Å². The van der Waals surface area contributed by atoms with Crippen LogP contribution in [0.1, 0.15) is 75.5 Å². The van der Waals surface area contributed by atoms with Gasteiger partial charge in [0.1, 0.15) is 5.82 Å². The molecule has 2 rings (SSSR count). The predicted octanol–water partition coefficient (Wildman–Crippen LogP) is 4.12. The van der Waals surface area contributed by atoms with Crippen LogP contribution in [0, 0.1) is 12.3 Å². The molecule has 0 radical (unpaired) electrons. The third kappa shape index (κ3) is 6.20. The second-order valence-electron chi connectivity index (χ2n) is 8.91. The fourth-order valence-corrected chi connectivity index (χ4v) is 3.57. The van der Waals surface area contributed by atoms with Gasteiger partial charge in [0.25, 0.3) is 5.91 Å². The van der Waals surface area contributed by atoms with Crippen molar-refractivity contribution in [3.05, 3.63) is 22.9 Å². The number of nitrogens with one attached hydrogen (secondary N) is 1. The van der Waals surface area contributed by atoms with Crippen LogP contribution in [0.2, 0.25) is 0 Å². The number of hydrogen-bond acceptors (Lipinski definition) is 4. The average molecular weight is 376 g/mol. The van der Waals surface area contributed by atoms with Crippen molar-refractivity contribution >= 4 is 11.7 Å². The maximum absolute atomic E-state index is 12.9. The van der Waals surface area contributed by atoms with Gasteiger partial charge in [-0.05, 0) is 50.2 Å². The van der Waals surface area contributed by atoms with Gasteiger partial charge in [0.2, 0.25) is 0 Å². The molecule has 5 nitrogen and oxygen atoms in total. The Bertz CT molecular complexity index is 637. The molecule has 1 aromatic rings. The number of morpholine rings is 1. The highest BCUT2D eigenvalue weighted by Gasteiger charge is 2.23. The van der Waals surface area contributed by atoms with Crippen LogP contribution in [0.4, 0.5) is 5.82 Å². The summed E-state index contributed by atoms with van der Waals surface area (Å²) in [6.07, 6.45) is 3.88. The van der Waals surface area contributed by atoms with Gasteiger partial charge in [-0.2, -0.15) is 0 Å². The molecule has 27 heavy (non-hydrogen) atoms. The minimum atomic E-state index is 0.0129. The third-order valence-electron chi connectivity index (χ3n) is 5.04. The van der Waals surface area contributed by atoms with Crippen molar-refractivity contribution in [3.63, 3.8) is 0 Å². The highest BCUT2D eigenvalue weighted by Crippen LogP contribution is 2.24. The topological polar surface area (TPSA) is 54.5 Å². The second-order valence-corrected chi connectivity index (χ2v) is 8.91. The first-order valence-electron chi connectivity index (χ1n) is 10.4. The second kappa shape index (κ2) is 9.54. The molecule has 0 spiro atoms. The predicted molar refractivity (Wildman–Crippen MR) is 112 cm³/mol. The molecular formula is C22H37N3O2. The van der Waals surface area contributed by atoms with Crippen LogP contribution in [0.15, 0.2) is 6.07 Å². The van der Waals surface area contributed by atoms with Gasteiger partial charge in [0.05, 0.1) is 30.5 Å². The van der Waals surface area contributed by atoms with E-state index in [1.807, 2.05) is 6.92 Å². The minimum Gasteiger partial charge on any atom is -0.377 e.